The van der Waals surface area contributed by atoms with E-state index in [-0.39, 0.29) is 0 Å². The molecule has 0 radical (unpaired) electrons. The molecule has 70 valence electrons. The van der Waals surface area contributed by atoms with Gasteiger partial charge in [0.05, 0.1) is 0 Å². The van der Waals surface area contributed by atoms with Crippen LogP contribution in [0.15, 0.2) is 30.5 Å². The third kappa shape index (κ3) is 4.07. The van der Waals surface area contributed by atoms with Crippen LogP contribution in [-0.4, -0.2) is 8.76 Å². The maximum atomic E-state index is 10.1. The molecule has 0 spiro atoms. The van der Waals surface area contributed by atoms with Crippen LogP contribution in [0, 0.1) is 0 Å². The van der Waals surface area contributed by atoms with E-state index in [1.165, 1.54) is 0 Å². The summed E-state index contributed by atoms with van der Waals surface area (Å²) < 4.78 is 22.6. The predicted octanol–water partition coefficient (Wildman–Crippen LogP) is 2.46. The van der Waals surface area contributed by atoms with Crippen LogP contribution in [0.25, 0.3) is 6.08 Å². The van der Waals surface area contributed by atoms with Gasteiger partial charge in [0, 0.05) is 5.02 Å². The van der Waals surface area contributed by atoms with E-state index >= 15 is 0 Å². The molecule has 1 rings (SSSR count). The molecular weight excluding hydrogens is 212 g/mol. The second kappa shape index (κ2) is 5.01. The van der Waals surface area contributed by atoms with E-state index in [9.17, 15) is 4.21 Å². The topological polar surface area (TPSA) is 46.5 Å². The van der Waals surface area contributed by atoms with Gasteiger partial charge in [-0.25, -0.2) is 0 Å². The third-order valence-electron chi connectivity index (χ3n) is 1.27. The number of benzene rings is 1. The molecule has 13 heavy (non-hydrogen) atoms. The maximum Gasteiger partial charge on any atom is 0.356 e. The van der Waals surface area contributed by atoms with E-state index in [1.807, 2.05) is 0 Å². The Morgan fingerprint density at radius 2 is 2.00 bits per heavy atom. The Kier molecular flexibility index (Phi) is 3.95. The summed E-state index contributed by atoms with van der Waals surface area (Å²) in [6.07, 6.45) is 2.71. The molecule has 0 saturated carbocycles. The fourth-order valence-corrected chi connectivity index (χ4v) is 1.00. The van der Waals surface area contributed by atoms with Crippen LogP contribution in [0.3, 0.4) is 0 Å². The Morgan fingerprint density at radius 1 is 1.38 bits per heavy atom. The molecule has 3 nitrogen and oxygen atoms in total. The van der Waals surface area contributed by atoms with Crippen LogP contribution < -0.4 is 0 Å². The van der Waals surface area contributed by atoms with Gasteiger partial charge in [-0.05, 0) is 23.8 Å². The first-order valence-electron chi connectivity index (χ1n) is 3.38. The molecule has 1 unspecified atom stereocenters. The average molecular weight is 219 g/mol. The van der Waals surface area contributed by atoms with E-state index < -0.39 is 11.4 Å². The minimum absolute atomic E-state index is 0.642. The first-order chi connectivity index (χ1) is 6.18. The lowest BCUT2D eigenvalue weighted by atomic mass is 10.2. The first-order valence-corrected chi connectivity index (χ1v) is 4.79. The van der Waals surface area contributed by atoms with Crippen LogP contribution >= 0.6 is 11.6 Å². The van der Waals surface area contributed by atoms with Gasteiger partial charge in [0.25, 0.3) is 0 Å². The van der Waals surface area contributed by atoms with Crippen LogP contribution in [0.1, 0.15) is 5.56 Å². The molecule has 0 aromatic heterocycles. The molecule has 1 N–H and O–H groups in total. The summed E-state index contributed by atoms with van der Waals surface area (Å²) in [7, 11) is 0. The summed E-state index contributed by atoms with van der Waals surface area (Å²) in [6, 6.07) is 6.97. The molecule has 0 heterocycles. The molecular formula is C8H7ClO3S. The molecule has 0 saturated heterocycles. The van der Waals surface area contributed by atoms with Gasteiger partial charge in [0.2, 0.25) is 0 Å². The minimum atomic E-state index is -2.26. The van der Waals surface area contributed by atoms with E-state index in [0.29, 0.717) is 5.02 Å². The van der Waals surface area contributed by atoms with Crippen molar-refractivity contribution in [1.82, 2.24) is 0 Å². The minimum Gasteiger partial charge on any atom is -0.388 e. The molecule has 0 aliphatic heterocycles. The van der Waals surface area contributed by atoms with Gasteiger partial charge in [-0.1, -0.05) is 23.7 Å². The van der Waals surface area contributed by atoms with Gasteiger partial charge in [-0.2, -0.15) is 4.21 Å². The Labute approximate surface area is 83.5 Å². The second-order valence-corrected chi connectivity index (χ2v) is 3.23. The van der Waals surface area contributed by atoms with Crippen molar-refractivity contribution in [3.05, 3.63) is 41.1 Å². The van der Waals surface area contributed by atoms with Crippen molar-refractivity contribution in [2.75, 3.05) is 0 Å². The highest BCUT2D eigenvalue weighted by atomic mass is 35.5. The normalized spacial score (nSPS) is 13.1. The van der Waals surface area contributed by atoms with Crippen molar-refractivity contribution in [3.63, 3.8) is 0 Å². The number of rotatable bonds is 3. The average Bonchev–Trinajstić information content (AvgIpc) is 2.08. The molecule has 0 fully saturated rings. The van der Waals surface area contributed by atoms with Crippen molar-refractivity contribution < 1.29 is 12.9 Å². The van der Waals surface area contributed by atoms with E-state index in [4.69, 9.17) is 16.2 Å². The van der Waals surface area contributed by atoms with Gasteiger partial charge in [-0.15, -0.1) is 0 Å². The summed E-state index contributed by atoms with van der Waals surface area (Å²) >= 11 is 3.40. The quantitative estimate of drug-likeness (QED) is 0.626. The van der Waals surface area contributed by atoms with Gasteiger partial charge in [0.1, 0.15) is 6.26 Å². The van der Waals surface area contributed by atoms with Gasteiger partial charge < -0.3 is 4.18 Å². The van der Waals surface area contributed by atoms with Crippen LogP contribution in [-0.2, 0) is 15.5 Å². The third-order valence-corrected chi connectivity index (χ3v) is 1.80. The van der Waals surface area contributed by atoms with E-state index in [2.05, 4.69) is 4.18 Å². The fraction of sp³-hybridized carbons (Fsp3) is 0. The standard InChI is InChI=1S/C8H7ClO3S/c9-8-3-1-7(2-4-8)5-6-12-13(10)11/h1-6H,(H,10,11). The van der Waals surface area contributed by atoms with E-state index in [1.54, 1.807) is 30.3 Å². The van der Waals surface area contributed by atoms with E-state index in [0.717, 1.165) is 11.8 Å². The number of hydrogen-bond donors (Lipinski definition) is 1. The van der Waals surface area contributed by atoms with Gasteiger partial charge in [0.15, 0.2) is 0 Å². The Hall–Kier alpha value is -0.840. The Bertz CT molecular complexity index is 321. The van der Waals surface area contributed by atoms with Crippen LogP contribution in [0.2, 0.25) is 5.02 Å². The zero-order valence-electron chi connectivity index (χ0n) is 6.51. The fourth-order valence-electron chi connectivity index (χ4n) is 0.728. The molecule has 1 aromatic carbocycles. The number of hydrogen-bond acceptors (Lipinski definition) is 2. The van der Waals surface area contributed by atoms with Crippen LogP contribution in [0.4, 0.5) is 0 Å². The highest BCUT2D eigenvalue weighted by Gasteiger charge is 1.88. The maximum absolute atomic E-state index is 10.1. The molecule has 1 atom stereocenters. The monoisotopic (exact) mass is 218 g/mol. The number of halogens is 1. The molecule has 0 bridgehead atoms. The van der Waals surface area contributed by atoms with Gasteiger partial charge in [-0.3, -0.25) is 4.55 Å². The van der Waals surface area contributed by atoms with Gasteiger partial charge >= 0.3 is 11.4 Å². The first kappa shape index (κ1) is 10.2. The second-order valence-electron chi connectivity index (χ2n) is 2.17. The molecule has 0 aliphatic rings. The Balaban J connectivity index is 2.59. The lowest BCUT2D eigenvalue weighted by Crippen LogP contribution is -1.85. The van der Waals surface area contributed by atoms with Crippen molar-refractivity contribution >= 4 is 29.0 Å². The smallest absolute Gasteiger partial charge is 0.356 e. The predicted molar refractivity (Wildman–Crippen MR) is 52.3 cm³/mol. The SMILES string of the molecule is O=S(O)OC=Cc1ccc(Cl)cc1. The summed E-state index contributed by atoms with van der Waals surface area (Å²) in [4.78, 5) is 0. The highest BCUT2D eigenvalue weighted by molar-refractivity contribution is 7.74. The van der Waals surface area contributed by atoms with Crippen molar-refractivity contribution in [2.45, 2.75) is 0 Å². The lowest BCUT2D eigenvalue weighted by molar-refractivity contribution is 0.422. The molecule has 0 aliphatic carbocycles. The van der Waals surface area contributed by atoms with Crippen LogP contribution in [0.5, 0.6) is 0 Å². The molecule has 5 heteroatoms. The lowest BCUT2D eigenvalue weighted by Gasteiger charge is -1.93. The summed E-state index contributed by atoms with van der Waals surface area (Å²) in [5.74, 6) is 0. The Morgan fingerprint density at radius 3 is 2.54 bits per heavy atom. The summed E-state index contributed by atoms with van der Waals surface area (Å²) in [5, 5.41) is 0.642. The highest BCUT2D eigenvalue weighted by Crippen LogP contribution is 2.10. The largest absolute Gasteiger partial charge is 0.388 e. The zero-order valence-corrected chi connectivity index (χ0v) is 8.09. The molecule has 1 aromatic rings. The zero-order chi connectivity index (χ0) is 9.68. The summed E-state index contributed by atoms with van der Waals surface area (Å²) in [5.41, 5.74) is 0.842. The summed E-state index contributed by atoms with van der Waals surface area (Å²) in [6.45, 7) is 0. The van der Waals surface area contributed by atoms with Crippen molar-refractivity contribution in [2.24, 2.45) is 0 Å². The van der Waals surface area contributed by atoms with Crippen molar-refractivity contribution in [3.8, 4) is 0 Å². The molecule has 0 amide bonds. The van der Waals surface area contributed by atoms with Crippen molar-refractivity contribution in [1.29, 1.82) is 0 Å².